The van der Waals surface area contributed by atoms with Gasteiger partial charge in [0.25, 0.3) is 5.91 Å². The molecule has 4 rings (SSSR count). The van der Waals surface area contributed by atoms with Crippen LogP contribution in [0, 0.1) is 0 Å². The van der Waals surface area contributed by atoms with E-state index in [0.29, 0.717) is 5.56 Å². The zero-order valence-electron chi connectivity index (χ0n) is 15.5. The average molecular weight is 382 g/mol. The lowest BCUT2D eigenvalue weighted by Gasteiger charge is -2.17. The molecule has 0 aliphatic carbocycles. The molecule has 1 saturated heterocycles. The summed E-state index contributed by atoms with van der Waals surface area (Å²) in [6.07, 6.45) is 0.917. The predicted molar refractivity (Wildman–Crippen MR) is 111 cm³/mol. The Morgan fingerprint density at radius 2 is 2.19 bits per heavy atom. The third kappa shape index (κ3) is 3.83. The van der Waals surface area contributed by atoms with Gasteiger partial charge in [0.15, 0.2) is 5.82 Å². The van der Waals surface area contributed by atoms with Crippen molar-refractivity contribution in [3.63, 3.8) is 0 Å². The number of aromatic amines is 1. The lowest BCUT2D eigenvalue weighted by Crippen LogP contribution is -2.37. The quantitative estimate of drug-likeness (QED) is 0.712. The highest BCUT2D eigenvalue weighted by molar-refractivity contribution is 7.13. The standard InChI is InChI=1S/C20H23N5OS/c1-24(2)16-6-3-5-14(11-16)20(26)21-15-8-9-25(13-15)19-12-17(22-23-19)18-7-4-10-27-18/h3-7,10-12,15H,8-9,13H2,1-2H3,(H,21,26)(H,22,23). The number of hydrogen-bond donors (Lipinski definition) is 2. The van der Waals surface area contributed by atoms with Gasteiger partial charge in [-0.3, -0.25) is 9.89 Å². The Kier molecular flexibility index (Phi) is 4.85. The van der Waals surface area contributed by atoms with Gasteiger partial charge >= 0.3 is 0 Å². The second-order valence-corrected chi connectivity index (χ2v) is 7.91. The molecule has 1 aliphatic heterocycles. The first-order valence-corrected chi connectivity index (χ1v) is 9.90. The molecule has 7 heteroatoms. The maximum atomic E-state index is 12.6. The van der Waals surface area contributed by atoms with Crippen LogP contribution in [-0.2, 0) is 0 Å². The van der Waals surface area contributed by atoms with Crippen molar-refractivity contribution in [1.29, 1.82) is 0 Å². The highest BCUT2D eigenvalue weighted by Crippen LogP contribution is 2.27. The highest BCUT2D eigenvalue weighted by atomic mass is 32.1. The number of carbonyl (C=O) groups excluding carboxylic acids is 1. The maximum absolute atomic E-state index is 12.6. The largest absolute Gasteiger partial charge is 0.378 e. The fraction of sp³-hybridized carbons (Fsp3) is 0.300. The summed E-state index contributed by atoms with van der Waals surface area (Å²) < 4.78 is 0. The molecule has 1 unspecified atom stereocenters. The van der Waals surface area contributed by atoms with Gasteiger partial charge in [0, 0.05) is 50.5 Å². The minimum atomic E-state index is -0.0214. The normalized spacial score (nSPS) is 16.5. The van der Waals surface area contributed by atoms with Crippen LogP contribution in [-0.4, -0.2) is 49.3 Å². The number of anilines is 2. The average Bonchev–Trinajstić information content (AvgIpc) is 3.42. The Balaban J connectivity index is 1.38. The van der Waals surface area contributed by atoms with Crippen molar-refractivity contribution in [2.24, 2.45) is 0 Å². The van der Waals surface area contributed by atoms with Gasteiger partial charge in [0.1, 0.15) is 0 Å². The highest BCUT2D eigenvalue weighted by Gasteiger charge is 2.26. The molecule has 0 spiro atoms. The van der Waals surface area contributed by atoms with Gasteiger partial charge in [0.05, 0.1) is 10.6 Å². The molecule has 1 amide bonds. The van der Waals surface area contributed by atoms with Gasteiger partial charge < -0.3 is 15.1 Å². The molecule has 0 saturated carbocycles. The first kappa shape index (κ1) is 17.6. The van der Waals surface area contributed by atoms with Crippen molar-refractivity contribution in [3.05, 3.63) is 53.4 Å². The molecule has 0 radical (unpaired) electrons. The predicted octanol–water partition coefficient (Wildman–Crippen LogP) is 3.21. The molecule has 3 heterocycles. The Morgan fingerprint density at radius 3 is 2.96 bits per heavy atom. The van der Waals surface area contributed by atoms with Crippen molar-refractivity contribution < 1.29 is 4.79 Å². The number of benzene rings is 1. The van der Waals surface area contributed by atoms with Gasteiger partial charge in [-0.2, -0.15) is 5.10 Å². The van der Waals surface area contributed by atoms with Gasteiger partial charge in [0.2, 0.25) is 0 Å². The Hall–Kier alpha value is -2.80. The minimum Gasteiger partial charge on any atom is -0.378 e. The molecule has 3 aromatic rings. The summed E-state index contributed by atoms with van der Waals surface area (Å²) in [7, 11) is 3.94. The van der Waals surface area contributed by atoms with E-state index in [1.165, 1.54) is 4.88 Å². The SMILES string of the molecule is CN(C)c1cccc(C(=O)NC2CCN(c3cc(-c4cccs4)[nH]n3)C2)c1. The van der Waals surface area contributed by atoms with Gasteiger partial charge in [-0.1, -0.05) is 12.1 Å². The molecule has 0 bridgehead atoms. The van der Waals surface area contributed by atoms with E-state index in [1.54, 1.807) is 11.3 Å². The molecular formula is C20H23N5OS. The number of hydrogen-bond acceptors (Lipinski definition) is 5. The number of H-pyrrole nitrogens is 1. The summed E-state index contributed by atoms with van der Waals surface area (Å²) in [6.45, 7) is 1.66. The van der Waals surface area contributed by atoms with Gasteiger partial charge in [-0.05, 0) is 36.1 Å². The molecule has 1 aromatic carbocycles. The summed E-state index contributed by atoms with van der Waals surface area (Å²) >= 11 is 1.69. The van der Waals surface area contributed by atoms with E-state index in [0.717, 1.165) is 36.7 Å². The van der Waals surface area contributed by atoms with Crippen LogP contribution in [0.2, 0.25) is 0 Å². The van der Waals surface area contributed by atoms with Gasteiger partial charge in [-0.15, -0.1) is 11.3 Å². The number of nitrogens with zero attached hydrogens (tertiary/aromatic N) is 3. The number of aromatic nitrogens is 2. The summed E-state index contributed by atoms with van der Waals surface area (Å²) in [5.41, 5.74) is 2.75. The third-order valence-electron chi connectivity index (χ3n) is 4.82. The molecule has 1 aliphatic rings. The van der Waals surface area contributed by atoms with E-state index in [1.807, 2.05) is 49.3 Å². The van der Waals surface area contributed by atoms with Crippen LogP contribution in [0.15, 0.2) is 47.8 Å². The summed E-state index contributed by atoms with van der Waals surface area (Å²) in [5.74, 6) is 0.914. The Morgan fingerprint density at radius 1 is 1.30 bits per heavy atom. The Bertz CT molecular complexity index is 918. The van der Waals surface area contributed by atoms with Crippen LogP contribution >= 0.6 is 11.3 Å². The molecule has 1 fully saturated rings. The summed E-state index contributed by atoms with van der Waals surface area (Å²) in [6, 6.07) is 14.0. The van der Waals surface area contributed by atoms with Crippen molar-refractivity contribution in [3.8, 4) is 10.6 Å². The number of nitrogens with one attached hydrogen (secondary N) is 2. The molecule has 2 N–H and O–H groups in total. The van der Waals surface area contributed by atoms with Crippen LogP contribution in [0.4, 0.5) is 11.5 Å². The fourth-order valence-electron chi connectivity index (χ4n) is 3.31. The van der Waals surface area contributed by atoms with E-state index < -0.39 is 0 Å². The summed E-state index contributed by atoms with van der Waals surface area (Å²) in [5, 5.41) is 12.8. The second-order valence-electron chi connectivity index (χ2n) is 6.97. The van der Waals surface area contributed by atoms with E-state index in [-0.39, 0.29) is 11.9 Å². The van der Waals surface area contributed by atoms with Crippen LogP contribution in [0.1, 0.15) is 16.8 Å². The van der Waals surface area contributed by atoms with Crippen molar-refractivity contribution in [1.82, 2.24) is 15.5 Å². The van der Waals surface area contributed by atoms with E-state index in [9.17, 15) is 4.79 Å². The van der Waals surface area contributed by atoms with Crippen LogP contribution in [0.25, 0.3) is 10.6 Å². The molecule has 140 valence electrons. The topological polar surface area (TPSA) is 64.3 Å². The smallest absolute Gasteiger partial charge is 0.251 e. The van der Waals surface area contributed by atoms with E-state index >= 15 is 0 Å². The van der Waals surface area contributed by atoms with E-state index in [2.05, 4.69) is 37.9 Å². The number of amides is 1. The lowest BCUT2D eigenvalue weighted by molar-refractivity contribution is 0.0940. The zero-order chi connectivity index (χ0) is 18.8. The molecule has 27 heavy (non-hydrogen) atoms. The van der Waals surface area contributed by atoms with Crippen LogP contribution in [0.5, 0.6) is 0 Å². The summed E-state index contributed by atoms with van der Waals surface area (Å²) in [4.78, 5) is 18.0. The Labute approximate surface area is 162 Å². The van der Waals surface area contributed by atoms with Gasteiger partial charge in [-0.25, -0.2) is 0 Å². The molecule has 2 aromatic heterocycles. The first-order chi connectivity index (χ1) is 13.1. The van der Waals surface area contributed by atoms with Crippen molar-refractivity contribution >= 4 is 28.7 Å². The monoisotopic (exact) mass is 381 g/mol. The number of rotatable bonds is 5. The fourth-order valence-corrected chi connectivity index (χ4v) is 4.00. The van der Waals surface area contributed by atoms with Crippen LogP contribution in [0.3, 0.4) is 0 Å². The van der Waals surface area contributed by atoms with Crippen LogP contribution < -0.4 is 15.1 Å². The van der Waals surface area contributed by atoms with Crippen molar-refractivity contribution in [2.45, 2.75) is 12.5 Å². The van der Waals surface area contributed by atoms with E-state index in [4.69, 9.17) is 0 Å². The first-order valence-electron chi connectivity index (χ1n) is 9.02. The third-order valence-corrected chi connectivity index (χ3v) is 5.73. The molecular weight excluding hydrogens is 358 g/mol. The molecule has 6 nitrogen and oxygen atoms in total. The lowest BCUT2D eigenvalue weighted by atomic mass is 10.1. The van der Waals surface area contributed by atoms with Crippen molar-refractivity contribution in [2.75, 3.05) is 37.0 Å². The second kappa shape index (κ2) is 7.44. The molecule has 1 atom stereocenters. The minimum absolute atomic E-state index is 0.0214. The number of thiophene rings is 1. The maximum Gasteiger partial charge on any atom is 0.251 e. The number of carbonyl (C=O) groups is 1. The zero-order valence-corrected chi connectivity index (χ0v) is 16.3.